The maximum atomic E-state index is 13.7. The van der Waals surface area contributed by atoms with Gasteiger partial charge in [0.25, 0.3) is 0 Å². The average molecular weight is 307 g/mol. The first kappa shape index (κ1) is 14.3. The maximum Gasteiger partial charge on any atom is 0.224 e. The van der Waals surface area contributed by atoms with E-state index in [1.807, 2.05) is 13.0 Å². The van der Waals surface area contributed by atoms with Crippen molar-refractivity contribution >= 4 is 32.6 Å². The highest BCUT2D eigenvalue weighted by atomic mass is 32.1. The summed E-state index contributed by atoms with van der Waals surface area (Å²) in [6.07, 6.45) is 1.86. The molecular formula is C15H18FN3OS. The summed E-state index contributed by atoms with van der Waals surface area (Å²) >= 11 is 1.49. The number of nitrogens with one attached hydrogen (secondary N) is 1. The van der Waals surface area contributed by atoms with E-state index in [0.29, 0.717) is 18.6 Å². The van der Waals surface area contributed by atoms with Gasteiger partial charge in [-0.25, -0.2) is 9.37 Å². The molecule has 1 aromatic heterocycles. The zero-order valence-electron chi connectivity index (χ0n) is 11.9. The van der Waals surface area contributed by atoms with E-state index in [4.69, 9.17) is 0 Å². The molecule has 1 fully saturated rings. The molecule has 0 bridgehead atoms. The summed E-state index contributed by atoms with van der Waals surface area (Å²) in [5.41, 5.74) is 0.428. The van der Waals surface area contributed by atoms with Crippen LogP contribution < -0.4 is 10.2 Å². The van der Waals surface area contributed by atoms with Gasteiger partial charge < -0.3 is 10.2 Å². The number of hydrogen-bond acceptors (Lipinski definition) is 4. The number of nitrogens with zero attached hydrogens (tertiary/aromatic N) is 2. The molecule has 6 heteroatoms. The van der Waals surface area contributed by atoms with Crippen LogP contribution in [0.2, 0.25) is 0 Å². The number of benzene rings is 1. The molecule has 0 radical (unpaired) electrons. The van der Waals surface area contributed by atoms with E-state index in [9.17, 15) is 9.18 Å². The first-order valence-electron chi connectivity index (χ1n) is 7.26. The summed E-state index contributed by atoms with van der Waals surface area (Å²) in [7, 11) is 0. The van der Waals surface area contributed by atoms with Crippen LogP contribution in [0.3, 0.4) is 0 Å². The standard InChI is InChI=1S/C15H18FN3OS/c1-2-17-14(20)10-5-4-8-19(9-10)15-18-13-11(16)6-3-7-12(13)21-15/h3,6-7,10H,2,4-5,8-9H2,1H3,(H,17,20). The number of piperidine rings is 1. The monoisotopic (exact) mass is 307 g/mol. The van der Waals surface area contributed by atoms with Crippen LogP contribution in [0, 0.1) is 11.7 Å². The number of halogens is 1. The highest BCUT2D eigenvalue weighted by molar-refractivity contribution is 7.22. The Morgan fingerprint density at radius 1 is 1.57 bits per heavy atom. The quantitative estimate of drug-likeness (QED) is 0.948. The van der Waals surface area contributed by atoms with Crippen molar-refractivity contribution in [3.05, 3.63) is 24.0 Å². The lowest BCUT2D eigenvalue weighted by molar-refractivity contribution is -0.125. The fraction of sp³-hybridized carbons (Fsp3) is 0.467. The molecule has 3 rings (SSSR count). The number of thiazole rings is 1. The summed E-state index contributed by atoms with van der Waals surface area (Å²) < 4.78 is 14.6. The molecule has 1 atom stereocenters. The van der Waals surface area contributed by atoms with Crippen LogP contribution in [0.1, 0.15) is 19.8 Å². The predicted octanol–water partition coefficient (Wildman–Crippen LogP) is 2.79. The third-order valence-electron chi connectivity index (χ3n) is 3.77. The van der Waals surface area contributed by atoms with E-state index in [-0.39, 0.29) is 17.6 Å². The fourth-order valence-corrected chi connectivity index (χ4v) is 3.74. The molecule has 2 heterocycles. The molecule has 0 aliphatic carbocycles. The van der Waals surface area contributed by atoms with Gasteiger partial charge in [-0.2, -0.15) is 0 Å². The normalized spacial score (nSPS) is 19.0. The predicted molar refractivity (Wildman–Crippen MR) is 83.2 cm³/mol. The van der Waals surface area contributed by atoms with Crippen LogP contribution in [-0.4, -0.2) is 30.5 Å². The molecule has 1 amide bonds. The van der Waals surface area contributed by atoms with Crippen molar-refractivity contribution in [3.8, 4) is 0 Å². The largest absolute Gasteiger partial charge is 0.356 e. The minimum atomic E-state index is -0.285. The number of rotatable bonds is 3. The molecule has 1 saturated heterocycles. The number of carbonyl (C=O) groups excluding carboxylic acids is 1. The van der Waals surface area contributed by atoms with Crippen molar-refractivity contribution in [2.45, 2.75) is 19.8 Å². The lowest BCUT2D eigenvalue weighted by Crippen LogP contribution is -2.43. The number of aromatic nitrogens is 1. The molecule has 0 spiro atoms. The fourth-order valence-electron chi connectivity index (χ4n) is 2.72. The molecule has 1 N–H and O–H groups in total. The highest BCUT2D eigenvalue weighted by Gasteiger charge is 2.27. The molecule has 112 valence electrons. The first-order chi connectivity index (χ1) is 10.2. The van der Waals surface area contributed by atoms with Crippen LogP contribution in [0.5, 0.6) is 0 Å². The third-order valence-corrected chi connectivity index (χ3v) is 4.85. The molecule has 1 unspecified atom stereocenters. The Hall–Kier alpha value is -1.69. The zero-order chi connectivity index (χ0) is 14.8. The number of anilines is 1. The van der Waals surface area contributed by atoms with E-state index < -0.39 is 0 Å². The second kappa shape index (κ2) is 5.97. The van der Waals surface area contributed by atoms with E-state index in [1.54, 1.807) is 6.07 Å². The van der Waals surface area contributed by atoms with Gasteiger partial charge in [-0.05, 0) is 31.9 Å². The third kappa shape index (κ3) is 2.85. The van der Waals surface area contributed by atoms with Crippen molar-refractivity contribution in [2.75, 3.05) is 24.5 Å². The average Bonchev–Trinajstić information content (AvgIpc) is 2.93. The maximum absolute atomic E-state index is 13.7. The van der Waals surface area contributed by atoms with Crippen molar-refractivity contribution in [1.82, 2.24) is 10.3 Å². The van der Waals surface area contributed by atoms with Crippen molar-refractivity contribution in [3.63, 3.8) is 0 Å². The van der Waals surface area contributed by atoms with Gasteiger partial charge in [0.2, 0.25) is 5.91 Å². The number of para-hydroxylation sites is 1. The van der Waals surface area contributed by atoms with E-state index in [0.717, 1.165) is 29.2 Å². The zero-order valence-corrected chi connectivity index (χ0v) is 12.8. The molecule has 2 aromatic rings. The highest BCUT2D eigenvalue weighted by Crippen LogP contribution is 2.32. The summed E-state index contributed by atoms with van der Waals surface area (Å²) in [6.45, 7) is 4.11. The molecule has 1 aliphatic rings. The lowest BCUT2D eigenvalue weighted by Gasteiger charge is -2.31. The van der Waals surface area contributed by atoms with Crippen LogP contribution in [0.25, 0.3) is 10.2 Å². The molecule has 0 saturated carbocycles. The number of amides is 1. The van der Waals surface area contributed by atoms with Gasteiger partial charge in [-0.15, -0.1) is 0 Å². The van der Waals surface area contributed by atoms with Crippen LogP contribution in [0.15, 0.2) is 18.2 Å². The Labute approximate surface area is 127 Å². The van der Waals surface area contributed by atoms with Gasteiger partial charge >= 0.3 is 0 Å². The summed E-state index contributed by atoms with van der Waals surface area (Å²) in [4.78, 5) is 18.5. The number of carbonyl (C=O) groups is 1. The smallest absolute Gasteiger partial charge is 0.224 e. The van der Waals surface area contributed by atoms with Gasteiger partial charge in [0.15, 0.2) is 5.13 Å². The summed E-state index contributed by atoms with van der Waals surface area (Å²) in [6, 6.07) is 5.01. The lowest BCUT2D eigenvalue weighted by atomic mass is 9.97. The van der Waals surface area contributed by atoms with Gasteiger partial charge in [-0.3, -0.25) is 4.79 Å². The van der Waals surface area contributed by atoms with Crippen LogP contribution in [-0.2, 0) is 4.79 Å². The van der Waals surface area contributed by atoms with E-state index in [1.165, 1.54) is 17.4 Å². The number of hydrogen-bond donors (Lipinski definition) is 1. The number of fused-ring (bicyclic) bond motifs is 1. The van der Waals surface area contributed by atoms with Gasteiger partial charge in [0.05, 0.1) is 10.6 Å². The van der Waals surface area contributed by atoms with Crippen molar-refractivity contribution in [1.29, 1.82) is 0 Å². The minimum absolute atomic E-state index is 0.00411. The van der Waals surface area contributed by atoms with Gasteiger partial charge in [-0.1, -0.05) is 17.4 Å². The summed E-state index contributed by atoms with van der Waals surface area (Å²) in [5, 5.41) is 3.69. The van der Waals surface area contributed by atoms with Crippen molar-refractivity contribution in [2.24, 2.45) is 5.92 Å². The molecule has 21 heavy (non-hydrogen) atoms. The summed E-state index contributed by atoms with van der Waals surface area (Å²) in [5.74, 6) is -0.183. The van der Waals surface area contributed by atoms with E-state index in [2.05, 4.69) is 15.2 Å². The van der Waals surface area contributed by atoms with Gasteiger partial charge in [0.1, 0.15) is 11.3 Å². The van der Waals surface area contributed by atoms with Crippen LogP contribution in [0.4, 0.5) is 9.52 Å². The second-order valence-electron chi connectivity index (χ2n) is 5.26. The van der Waals surface area contributed by atoms with Crippen LogP contribution >= 0.6 is 11.3 Å². The molecular weight excluding hydrogens is 289 g/mol. The van der Waals surface area contributed by atoms with E-state index >= 15 is 0 Å². The molecule has 1 aromatic carbocycles. The Balaban J connectivity index is 1.81. The Morgan fingerprint density at radius 3 is 3.19 bits per heavy atom. The molecule has 4 nitrogen and oxygen atoms in total. The Bertz CT molecular complexity index is 657. The Morgan fingerprint density at radius 2 is 2.43 bits per heavy atom. The molecule has 1 aliphatic heterocycles. The van der Waals surface area contributed by atoms with Crippen molar-refractivity contribution < 1.29 is 9.18 Å². The topological polar surface area (TPSA) is 45.2 Å². The first-order valence-corrected chi connectivity index (χ1v) is 8.08. The Kier molecular flexibility index (Phi) is 4.05. The van der Waals surface area contributed by atoms with Gasteiger partial charge in [0, 0.05) is 19.6 Å². The SMILES string of the molecule is CCNC(=O)C1CCCN(c2nc3c(F)cccc3s2)C1. The second-order valence-corrected chi connectivity index (χ2v) is 6.27. The minimum Gasteiger partial charge on any atom is -0.356 e.